The molecular formula is C22H23F4N3O4. The van der Waals surface area contributed by atoms with Gasteiger partial charge in [-0.05, 0) is 43.7 Å². The Morgan fingerprint density at radius 2 is 1.79 bits per heavy atom. The lowest BCUT2D eigenvalue weighted by molar-refractivity contribution is -0.388. The minimum atomic E-state index is -4.93. The highest BCUT2D eigenvalue weighted by Gasteiger charge is 2.39. The molecule has 2 aromatic rings. The summed E-state index contributed by atoms with van der Waals surface area (Å²) >= 11 is 0. The number of amides is 1. The molecule has 0 aromatic heterocycles. The van der Waals surface area contributed by atoms with Crippen LogP contribution in [0, 0.1) is 15.9 Å². The summed E-state index contributed by atoms with van der Waals surface area (Å²) in [5.41, 5.74) is -1.58. The van der Waals surface area contributed by atoms with Crippen LogP contribution in [-0.4, -0.2) is 52.4 Å². The van der Waals surface area contributed by atoms with Crippen LogP contribution < -0.4 is 4.74 Å². The summed E-state index contributed by atoms with van der Waals surface area (Å²) in [5, 5.41) is 10.9. The van der Waals surface area contributed by atoms with Gasteiger partial charge in [-0.15, -0.1) is 0 Å². The van der Waals surface area contributed by atoms with Crippen molar-refractivity contribution >= 4 is 11.6 Å². The first-order chi connectivity index (χ1) is 15.5. The van der Waals surface area contributed by atoms with Crippen molar-refractivity contribution in [2.75, 3.05) is 19.7 Å². The molecule has 1 aliphatic rings. The normalized spacial score (nSPS) is 19.4. The Balaban J connectivity index is 1.62. The van der Waals surface area contributed by atoms with Gasteiger partial charge in [-0.2, -0.15) is 13.2 Å². The van der Waals surface area contributed by atoms with Crippen LogP contribution in [0.15, 0.2) is 42.5 Å². The van der Waals surface area contributed by atoms with Crippen LogP contribution in [0.2, 0.25) is 0 Å². The summed E-state index contributed by atoms with van der Waals surface area (Å²) in [6.07, 6.45) is -4.93. The third-order valence-corrected chi connectivity index (χ3v) is 5.57. The maximum atomic E-state index is 13.1. The van der Waals surface area contributed by atoms with Crippen molar-refractivity contribution in [1.29, 1.82) is 0 Å². The molecule has 0 saturated carbocycles. The lowest BCUT2D eigenvalue weighted by Crippen LogP contribution is -2.58. The molecule has 0 unspecified atom stereocenters. The van der Waals surface area contributed by atoms with Gasteiger partial charge in [0.25, 0.3) is 11.6 Å². The van der Waals surface area contributed by atoms with Crippen LogP contribution in [-0.2, 0) is 17.5 Å². The molecule has 0 bridgehead atoms. The highest BCUT2D eigenvalue weighted by atomic mass is 19.4. The number of halogens is 4. The van der Waals surface area contributed by atoms with Crippen molar-refractivity contribution in [3.63, 3.8) is 0 Å². The van der Waals surface area contributed by atoms with Crippen LogP contribution in [0.3, 0.4) is 0 Å². The van der Waals surface area contributed by atoms with Crippen LogP contribution in [0.25, 0.3) is 0 Å². The van der Waals surface area contributed by atoms with Gasteiger partial charge >= 0.3 is 6.18 Å². The first kappa shape index (κ1) is 24.4. The molecule has 11 heteroatoms. The first-order valence-electron chi connectivity index (χ1n) is 10.2. The van der Waals surface area contributed by atoms with E-state index in [1.165, 1.54) is 12.1 Å². The van der Waals surface area contributed by atoms with E-state index < -0.39 is 34.9 Å². The zero-order valence-electron chi connectivity index (χ0n) is 18.0. The Morgan fingerprint density at radius 1 is 1.12 bits per heavy atom. The van der Waals surface area contributed by atoms with Crippen molar-refractivity contribution in [2.45, 2.75) is 38.7 Å². The smallest absolute Gasteiger partial charge is 0.423 e. The molecule has 0 aliphatic carbocycles. The number of ether oxygens (including phenoxy) is 1. The van der Waals surface area contributed by atoms with E-state index in [1.54, 1.807) is 17.0 Å². The number of nitro benzene ring substituents is 1. The van der Waals surface area contributed by atoms with Gasteiger partial charge in [0.05, 0.1) is 4.92 Å². The molecular weight excluding hydrogens is 446 g/mol. The summed E-state index contributed by atoms with van der Waals surface area (Å²) < 4.78 is 57.7. The molecule has 2 aromatic carbocycles. The molecule has 7 nitrogen and oxygen atoms in total. The second-order valence-corrected chi connectivity index (χ2v) is 8.02. The van der Waals surface area contributed by atoms with Gasteiger partial charge in [-0.25, -0.2) is 4.39 Å². The van der Waals surface area contributed by atoms with Crippen LogP contribution in [0.4, 0.5) is 23.2 Å². The number of nitrogens with zero attached hydrogens (tertiary/aromatic N) is 3. The molecule has 0 spiro atoms. The van der Waals surface area contributed by atoms with Gasteiger partial charge in [0.15, 0.2) is 6.61 Å². The molecule has 1 heterocycles. The SMILES string of the molecule is C[C@@H]1CN(Cc2ccc(F)cc2)[C@@H](C)CN1C(=O)COc1ccc([N+](=O)[O-])c(C(F)(F)F)c1. The standard InChI is InChI=1S/C22H23F4N3O4/c1-14-11-28(15(2)10-27(14)12-16-3-5-17(23)6-4-16)21(30)13-33-18-7-8-20(29(31)32)19(9-18)22(24,25)26/h3-9,14-15H,10-13H2,1-2H3/t14-,15+/m0/s1. The third kappa shape index (κ3) is 5.98. The van der Waals surface area contributed by atoms with E-state index >= 15 is 0 Å². The molecule has 0 N–H and O–H groups in total. The maximum Gasteiger partial charge on any atom is 0.423 e. The van der Waals surface area contributed by atoms with Gasteiger partial charge < -0.3 is 9.64 Å². The Hall–Kier alpha value is -3.21. The van der Waals surface area contributed by atoms with E-state index in [0.29, 0.717) is 31.8 Å². The highest BCUT2D eigenvalue weighted by Crippen LogP contribution is 2.38. The molecule has 178 valence electrons. The number of nitro groups is 1. The van der Waals surface area contributed by atoms with Crippen LogP contribution in [0.5, 0.6) is 5.75 Å². The fourth-order valence-electron chi connectivity index (χ4n) is 3.81. The minimum absolute atomic E-state index is 0.00795. The lowest BCUT2D eigenvalue weighted by atomic mass is 10.1. The molecule has 1 amide bonds. The second kappa shape index (κ2) is 9.74. The Kier molecular flexibility index (Phi) is 7.21. The summed E-state index contributed by atoms with van der Waals surface area (Å²) in [5.74, 6) is -0.995. The van der Waals surface area contributed by atoms with Crippen molar-refractivity contribution in [3.8, 4) is 5.75 Å². The number of alkyl halides is 3. The fraction of sp³-hybridized carbons (Fsp3) is 0.409. The Bertz CT molecular complexity index is 1010. The number of hydrogen-bond donors (Lipinski definition) is 0. The monoisotopic (exact) mass is 469 g/mol. The van der Waals surface area contributed by atoms with Crippen molar-refractivity contribution in [3.05, 3.63) is 69.5 Å². The predicted molar refractivity (Wildman–Crippen MR) is 111 cm³/mol. The quantitative estimate of drug-likeness (QED) is 0.359. The predicted octanol–water partition coefficient (Wildman–Crippen LogP) is 4.25. The molecule has 33 heavy (non-hydrogen) atoms. The molecule has 3 rings (SSSR count). The van der Waals surface area contributed by atoms with Gasteiger partial charge in [0, 0.05) is 37.8 Å². The minimum Gasteiger partial charge on any atom is -0.484 e. The van der Waals surface area contributed by atoms with E-state index in [-0.39, 0.29) is 23.7 Å². The zero-order valence-corrected chi connectivity index (χ0v) is 18.0. The average molecular weight is 469 g/mol. The van der Waals surface area contributed by atoms with Gasteiger partial charge in [-0.3, -0.25) is 19.8 Å². The molecule has 1 fully saturated rings. The number of piperazine rings is 1. The zero-order chi connectivity index (χ0) is 24.3. The van der Waals surface area contributed by atoms with E-state index in [4.69, 9.17) is 4.74 Å². The summed E-state index contributed by atoms with van der Waals surface area (Å²) in [7, 11) is 0. The Labute approximate surface area is 187 Å². The van der Waals surface area contributed by atoms with Gasteiger partial charge in [0.2, 0.25) is 0 Å². The summed E-state index contributed by atoms with van der Waals surface area (Å²) in [6.45, 7) is 4.84. The third-order valence-electron chi connectivity index (χ3n) is 5.57. The van der Waals surface area contributed by atoms with Crippen LogP contribution >= 0.6 is 0 Å². The van der Waals surface area contributed by atoms with Gasteiger partial charge in [0.1, 0.15) is 17.1 Å². The Morgan fingerprint density at radius 3 is 2.39 bits per heavy atom. The average Bonchev–Trinajstić information content (AvgIpc) is 2.75. The van der Waals surface area contributed by atoms with E-state index in [1.807, 2.05) is 13.8 Å². The molecule has 2 atom stereocenters. The number of carbonyl (C=O) groups is 1. The van der Waals surface area contributed by atoms with Crippen molar-refractivity contribution in [2.24, 2.45) is 0 Å². The fourth-order valence-corrected chi connectivity index (χ4v) is 3.81. The maximum absolute atomic E-state index is 13.1. The molecule has 1 saturated heterocycles. The highest BCUT2D eigenvalue weighted by molar-refractivity contribution is 5.78. The molecule has 1 aliphatic heterocycles. The first-order valence-corrected chi connectivity index (χ1v) is 10.2. The second-order valence-electron chi connectivity index (χ2n) is 8.02. The summed E-state index contributed by atoms with van der Waals surface area (Å²) in [6, 6.07) is 8.28. The van der Waals surface area contributed by atoms with E-state index in [0.717, 1.165) is 11.6 Å². The molecule has 0 radical (unpaired) electrons. The topological polar surface area (TPSA) is 75.9 Å². The number of benzene rings is 2. The van der Waals surface area contributed by atoms with E-state index in [9.17, 15) is 32.5 Å². The van der Waals surface area contributed by atoms with Crippen molar-refractivity contribution in [1.82, 2.24) is 9.80 Å². The van der Waals surface area contributed by atoms with Crippen molar-refractivity contribution < 1.29 is 32.0 Å². The number of rotatable bonds is 6. The lowest BCUT2D eigenvalue weighted by Gasteiger charge is -2.44. The number of hydrogen-bond acceptors (Lipinski definition) is 5. The summed E-state index contributed by atoms with van der Waals surface area (Å²) in [4.78, 5) is 26.2. The number of carbonyl (C=O) groups excluding carboxylic acids is 1. The van der Waals surface area contributed by atoms with E-state index in [2.05, 4.69) is 4.90 Å². The van der Waals surface area contributed by atoms with Crippen LogP contribution in [0.1, 0.15) is 25.0 Å². The largest absolute Gasteiger partial charge is 0.484 e. The van der Waals surface area contributed by atoms with Gasteiger partial charge in [-0.1, -0.05) is 12.1 Å².